The van der Waals surface area contributed by atoms with Crippen LogP contribution in [0.1, 0.15) is 44.4 Å². The fourth-order valence-electron chi connectivity index (χ4n) is 2.17. The third-order valence-corrected chi connectivity index (χ3v) is 3.52. The molecule has 2 N–H and O–H groups in total. The van der Waals surface area contributed by atoms with Crippen molar-refractivity contribution in [3.8, 4) is 0 Å². The summed E-state index contributed by atoms with van der Waals surface area (Å²) in [5.41, 5.74) is 5.72. The number of nitrogens with two attached hydrogens (primary N) is 1. The maximum absolute atomic E-state index is 6.03. The molecule has 1 saturated heterocycles. The van der Waals surface area contributed by atoms with Gasteiger partial charge in [0.05, 0.1) is 5.54 Å². The second kappa shape index (κ2) is 3.73. The molecule has 0 aromatic carbocycles. The summed E-state index contributed by atoms with van der Waals surface area (Å²) >= 11 is 0. The second-order valence-electron chi connectivity index (χ2n) is 4.96. The number of hydrogen-bond acceptors (Lipinski definition) is 5. The summed E-state index contributed by atoms with van der Waals surface area (Å²) in [6, 6.07) is 0. The summed E-state index contributed by atoms with van der Waals surface area (Å²) < 4.78 is 5.26. The molecule has 0 unspecified atom stereocenters. The number of aromatic nitrogens is 2. The van der Waals surface area contributed by atoms with Crippen molar-refractivity contribution in [1.29, 1.82) is 0 Å². The lowest BCUT2D eigenvalue weighted by Crippen LogP contribution is -2.25. The van der Waals surface area contributed by atoms with Crippen LogP contribution in [0, 0.1) is 0 Å². The zero-order valence-corrected chi connectivity index (χ0v) is 9.48. The lowest BCUT2D eigenvalue weighted by molar-refractivity contribution is 0.347. The standard InChI is InChI=1S/C11H18N4O/c12-11(5-6-11)9-13-10(14-16-9)15-7-3-1-2-4-8-15/h1-8,12H2. The lowest BCUT2D eigenvalue weighted by Gasteiger charge is -2.16. The third kappa shape index (κ3) is 1.80. The molecule has 88 valence electrons. The van der Waals surface area contributed by atoms with Gasteiger partial charge in [0.1, 0.15) is 0 Å². The molecular formula is C11H18N4O. The molecule has 0 amide bonds. The van der Waals surface area contributed by atoms with Gasteiger partial charge in [0.25, 0.3) is 5.95 Å². The van der Waals surface area contributed by atoms with E-state index in [0.29, 0.717) is 5.89 Å². The Balaban J connectivity index is 1.75. The highest BCUT2D eigenvalue weighted by Crippen LogP contribution is 2.42. The van der Waals surface area contributed by atoms with Crippen LogP contribution in [-0.2, 0) is 5.54 Å². The predicted molar refractivity (Wildman–Crippen MR) is 60.1 cm³/mol. The average molecular weight is 222 g/mol. The first-order valence-corrected chi connectivity index (χ1v) is 6.16. The second-order valence-corrected chi connectivity index (χ2v) is 4.96. The van der Waals surface area contributed by atoms with Crippen LogP contribution in [-0.4, -0.2) is 23.2 Å². The van der Waals surface area contributed by atoms with Gasteiger partial charge < -0.3 is 15.2 Å². The van der Waals surface area contributed by atoms with E-state index in [4.69, 9.17) is 10.3 Å². The van der Waals surface area contributed by atoms with Gasteiger partial charge in [0.15, 0.2) is 0 Å². The molecule has 0 radical (unpaired) electrons. The van der Waals surface area contributed by atoms with Gasteiger partial charge in [0.2, 0.25) is 5.89 Å². The molecule has 1 aromatic heterocycles. The first-order valence-electron chi connectivity index (χ1n) is 6.16. The Labute approximate surface area is 95.0 Å². The third-order valence-electron chi connectivity index (χ3n) is 3.52. The summed E-state index contributed by atoms with van der Waals surface area (Å²) in [5, 5.41) is 4.05. The highest BCUT2D eigenvalue weighted by Gasteiger charge is 2.45. The lowest BCUT2D eigenvalue weighted by atomic mass is 10.2. The Bertz CT molecular complexity index is 364. The molecule has 16 heavy (non-hydrogen) atoms. The summed E-state index contributed by atoms with van der Waals surface area (Å²) in [7, 11) is 0. The SMILES string of the molecule is NC1(c2nc(N3CCCCCC3)no2)CC1. The van der Waals surface area contributed by atoms with Gasteiger partial charge in [-0.3, -0.25) is 0 Å². The van der Waals surface area contributed by atoms with E-state index in [2.05, 4.69) is 15.0 Å². The Morgan fingerprint density at radius 1 is 1.12 bits per heavy atom. The van der Waals surface area contributed by atoms with E-state index in [1.165, 1.54) is 25.7 Å². The molecule has 2 fully saturated rings. The average Bonchev–Trinajstić information content (AvgIpc) is 2.94. The molecule has 1 aliphatic carbocycles. The van der Waals surface area contributed by atoms with Gasteiger partial charge in [-0.05, 0) is 30.8 Å². The van der Waals surface area contributed by atoms with Crippen molar-refractivity contribution < 1.29 is 4.52 Å². The van der Waals surface area contributed by atoms with Crippen LogP contribution in [0.25, 0.3) is 0 Å². The maximum Gasteiger partial charge on any atom is 0.266 e. The molecule has 1 saturated carbocycles. The van der Waals surface area contributed by atoms with E-state index in [0.717, 1.165) is 31.9 Å². The van der Waals surface area contributed by atoms with Crippen molar-refractivity contribution in [3.63, 3.8) is 0 Å². The Hall–Kier alpha value is -1.10. The molecule has 5 nitrogen and oxygen atoms in total. The van der Waals surface area contributed by atoms with E-state index in [-0.39, 0.29) is 5.54 Å². The Kier molecular flexibility index (Phi) is 2.35. The maximum atomic E-state index is 6.03. The molecule has 1 aliphatic heterocycles. The molecule has 0 atom stereocenters. The van der Waals surface area contributed by atoms with E-state index < -0.39 is 0 Å². The van der Waals surface area contributed by atoms with Gasteiger partial charge >= 0.3 is 0 Å². The summed E-state index contributed by atoms with van der Waals surface area (Å²) in [6.07, 6.45) is 6.99. The first-order chi connectivity index (χ1) is 7.78. The van der Waals surface area contributed by atoms with E-state index in [9.17, 15) is 0 Å². The van der Waals surface area contributed by atoms with Gasteiger partial charge in [-0.25, -0.2) is 0 Å². The smallest absolute Gasteiger partial charge is 0.266 e. The minimum absolute atomic E-state index is 0.308. The highest BCUT2D eigenvalue weighted by atomic mass is 16.5. The number of nitrogens with zero attached hydrogens (tertiary/aromatic N) is 3. The fourth-order valence-corrected chi connectivity index (χ4v) is 2.17. The van der Waals surface area contributed by atoms with Crippen LogP contribution in [0.4, 0.5) is 5.95 Å². The van der Waals surface area contributed by atoms with Crippen molar-refractivity contribution in [3.05, 3.63) is 5.89 Å². The van der Waals surface area contributed by atoms with Gasteiger partial charge in [-0.1, -0.05) is 12.8 Å². The van der Waals surface area contributed by atoms with E-state index >= 15 is 0 Å². The van der Waals surface area contributed by atoms with Crippen molar-refractivity contribution >= 4 is 5.95 Å². The molecule has 5 heteroatoms. The molecular weight excluding hydrogens is 204 g/mol. The quantitative estimate of drug-likeness (QED) is 0.819. The molecule has 2 aliphatic rings. The molecule has 1 aromatic rings. The van der Waals surface area contributed by atoms with Crippen molar-refractivity contribution in [1.82, 2.24) is 10.1 Å². The summed E-state index contributed by atoms with van der Waals surface area (Å²) in [5.74, 6) is 1.35. The molecule has 3 rings (SSSR count). The highest BCUT2D eigenvalue weighted by molar-refractivity contribution is 5.29. The van der Waals surface area contributed by atoms with Crippen molar-refractivity contribution in [2.75, 3.05) is 18.0 Å². The van der Waals surface area contributed by atoms with Crippen LogP contribution < -0.4 is 10.6 Å². The van der Waals surface area contributed by atoms with Gasteiger partial charge in [0, 0.05) is 13.1 Å². The monoisotopic (exact) mass is 222 g/mol. The normalized spacial score (nSPS) is 24.2. The van der Waals surface area contributed by atoms with E-state index in [1.54, 1.807) is 0 Å². The minimum atomic E-state index is -0.308. The van der Waals surface area contributed by atoms with Crippen LogP contribution in [0.3, 0.4) is 0 Å². The largest absolute Gasteiger partial charge is 0.338 e. The minimum Gasteiger partial charge on any atom is -0.338 e. The summed E-state index contributed by atoms with van der Waals surface area (Å²) in [6.45, 7) is 2.08. The fraction of sp³-hybridized carbons (Fsp3) is 0.818. The van der Waals surface area contributed by atoms with Crippen LogP contribution >= 0.6 is 0 Å². The predicted octanol–water partition coefficient (Wildman–Crippen LogP) is 1.40. The van der Waals surface area contributed by atoms with Crippen LogP contribution in [0.2, 0.25) is 0 Å². The zero-order valence-electron chi connectivity index (χ0n) is 9.48. The zero-order chi connectivity index (χ0) is 11.0. The van der Waals surface area contributed by atoms with Crippen LogP contribution in [0.5, 0.6) is 0 Å². The molecule has 0 spiro atoms. The first kappa shape index (κ1) is 10.1. The number of rotatable bonds is 2. The molecule has 0 bridgehead atoms. The topological polar surface area (TPSA) is 68.2 Å². The van der Waals surface area contributed by atoms with Gasteiger partial charge in [-0.15, -0.1) is 0 Å². The Morgan fingerprint density at radius 2 is 1.81 bits per heavy atom. The Morgan fingerprint density at radius 3 is 2.44 bits per heavy atom. The van der Waals surface area contributed by atoms with Crippen molar-refractivity contribution in [2.24, 2.45) is 5.73 Å². The van der Waals surface area contributed by atoms with Gasteiger partial charge in [-0.2, -0.15) is 4.98 Å². The summed E-state index contributed by atoms with van der Waals surface area (Å²) in [4.78, 5) is 6.65. The van der Waals surface area contributed by atoms with Crippen molar-refractivity contribution in [2.45, 2.75) is 44.1 Å². The molecule has 2 heterocycles. The van der Waals surface area contributed by atoms with Crippen LogP contribution in [0.15, 0.2) is 4.52 Å². The number of hydrogen-bond donors (Lipinski definition) is 1. The number of anilines is 1. The van der Waals surface area contributed by atoms with E-state index in [1.807, 2.05) is 0 Å².